The van der Waals surface area contributed by atoms with E-state index in [0.29, 0.717) is 11.4 Å². The second-order valence-electron chi connectivity index (χ2n) is 5.84. The summed E-state index contributed by atoms with van der Waals surface area (Å²) in [5, 5.41) is 3.78. The number of para-hydroxylation sites is 2. The second-order valence-corrected chi connectivity index (χ2v) is 7.27. The highest BCUT2D eigenvalue weighted by molar-refractivity contribution is 7.98. The number of hydrogen-bond donors (Lipinski definition) is 2. The summed E-state index contributed by atoms with van der Waals surface area (Å²) in [6.45, 7) is 0. The maximum absolute atomic E-state index is 12.5. The Morgan fingerprint density at radius 1 is 1.24 bits per heavy atom. The molecule has 0 radical (unpaired) electrons. The van der Waals surface area contributed by atoms with E-state index in [0.717, 1.165) is 34.6 Å². The molecule has 0 aliphatic rings. The Morgan fingerprint density at radius 3 is 2.72 bits per heavy atom. The SMILES string of the molecule is CSCC[C@H](NC(=O)Cc1ccc(Cl)cc1)c1nc2ccccc2[nH]1. The number of carbonyl (C=O) groups is 1. The number of benzene rings is 2. The van der Waals surface area contributed by atoms with Crippen molar-refractivity contribution in [1.82, 2.24) is 15.3 Å². The van der Waals surface area contributed by atoms with Gasteiger partial charge in [-0.3, -0.25) is 4.79 Å². The minimum Gasteiger partial charge on any atom is -0.346 e. The normalized spacial score (nSPS) is 12.2. The quantitative estimate of drug-likeness (QED) is 0.646. The van der Waals surface area contributed by atoms with Crippen LogP contribution in [0.3, 0.4) is 0 Å². The Kier molecular flexibility index (Phi) is 6.00. The number of thioether (sulfide) groups is 1. The van der Waals surface area contributed by atoms with Crippen LogP contribution in [0.15, 0.2) is 48.5 Å². The van der Waals surface area contributed by atoms with Crippen LogP contribution in [-0.4, -0.2) is 27.9 Å². The Bertz CT molecular complexity index is 814. The number of amides is 1. The fourth-order valence-electron chi connectivity index (χ4n) is 2.68. The number of halogens is 1. The molecule has 25 heavy (non-hydrogen) atoms. The summed E-state index contributed by atoms with van der Waals surface area (Å²) in [6.07, 6.45) is 3.21. The van der Waals surface area contributed by atoms with E-state index in [9.17, 15) is 4.79 Å². The van der Waals surface area contributed by atoms with Crippen molar-refractivity contribution in [2.75, 3.05) is 12.0 Å². The smallest absolute Gasteiger partial charge is 0.225 e. The van der Waals surface area contributed by atoms with Crippen molar-refractivity contribution in [2.45, 2.75) is 18.9 Å². The Balaban J connectivity index is 1.73. The van der Waals surface area contributed by atoms with Gasteiger partial charge < -0.3 is 10.3 Å². The third-order valence-corrected chi connectivity index (χ3v) is 4.86. The summed E-state index contributed by atoms with van der Waals surface area (Å²) in [5.41, 5.74) is 2.84. The molecule has 3 rings (SSSR count). The average molecular weight is 374 g/mol. The summed E-state index contributed by atoms with van der Waals surface area (Å²) >= 11 is 7.65. The lowest BCUT2D eigenvalue weighted by Gasteiger charge is -2.16. The number of hydrogen-bond acceptors (Lipinski definition) is 3. The highest BCUT2D eigenvalue weighted by Crippen LogP contribution is 2.20. The van der Waals surface area contributed by atoms with Crippen molar-refractivity contribution >= 4 is 40.3 Å². The summed E-state index contributed by atoms with van der Waals surface area (Å²) in [6, 6.07) is 15.1. The monoisotopic (exact) mass is 373 g/mol. The van der Waals surface area contributed by atoms with Crippen LogP contribution >= 0.6 is 23.4 Å². The molecule has 3 aromatic rings. The molecule has 2 aromatic carbocycles. The number of rotatable bonds is 7. The number of aromatic amines is 1. The highest BCUT2D eigenvalue weighted by Gasteiger charge is 2.18. The Labute approximate surface area is 156 Å². The van der Waals surface area contributed by atoms with Gasteiger partial charge in [0.1, 0.15) is 5.82 Å². The molecule has 130 valence electrons. The van der Waals surface area contributed by atoms with Gasteiger partial charge in [0.2, 0.25) is 5.91 Å². The van der Waals surface area contributed by atoms with Gasteiger partial charge in [-0.15, -0.1) is 0 Å². The first kappa shape index (κ1) is 17.8. The van der Waals surface area contributed by atoms with Gasteiger partial charge in [0, 0.05) is 5.02 Å². The van der Waals surface area contributed by atoms with Crippen LogP contribution in [0.25, 0.3) is 11.0 Å². The van der Waals surface area contributed by atoms with Crippen LogP contribution in [0.2, 0.25) is 5.02 Å². The van der Waals surface area contributed by atoms with Gasteiger partial charge in [0.25, 0.3) is 0 Å². The van der Waals surface area contributed by atoms with Gasteiger partial charge in [-0.25, -0.2) is 4.98 Å². The molecule has 0 bridgehead atoms. The van der Waals surface area contributed by atoms with Crippen LogP contribution in [-0.2, 0) is 11.2 Å². The molecule has 1 amide bonds. The third kappa shape index (κ3) is 4.77. The van der Waals surface area contributed by atoms with Crippen molar-refractivity contribution in [3.8, 4) is 0 Å². The molecule has 6 heteroatoms. The zero-order chi connectivity index (χ0) is 17.6. The first-order chi connectivity index (χ1) is 12.2. The fraction of sp³-hybridized carbons (Fsp3) is 0.263. The lowest BCUT2D eigenvalue weighted by Crippen LogP contribution is -2.31. The van der Waals surface area contributed by atoms with Gasteiger partial charge in [-0.1, -0.05) is 35.9 Å². The van der Waals surface area contributed by atoms with Crippen molar-refractivity contribution < 1.29 is 4.79 Å². The van der Waals surface area contributed by atoms with Crippen LogP contribution in [0.4, 0.5) is 0 Å². The zero-order valence-electron chi connectivity index (χ0n) is 14.0. The van der Waals surface area contributed by atoms with Crippen LogP contribution < -0.4 is 5.32 Å². The van der Waals surface area contributed by atoms with Crippen molar-refractivity contribution in [1.29, 1.82) is 0 Å². The number of fused-ring (bicyclic) bond motifs is 1. The molecule has 0 spiro atoms. The zero-order valence-corrected chi connectivity index (χ0v) is 15.5. The molecule has 0 saturated heterocycles. The molecule has 0 aliphatic carbocycles. The molecule has 0 saturated carbocycles. The summed E-state index contributed by atoms with van der Waals surface area (Å²) in [4.78, 5) is 20.4. The molecule has 0 aliphatic heterocycles. The first-order valence-electron chi connectivity index (χ1n) is 8.13. The van der Waals surface area contributed by atoms with Crippen LogP contribution in [0, 0.1) is 0 Å². The first-order valence-corrected chi connectivity index (χ1v) is 9.90. The molecular weight excluding hydrogens is 354 g/mol. The number of nitrogens with zero attached hydrogens (tertiary/aromatic N) is 1. The molecule has 1 atom stereocenters. The van der Waals surface area contributed by atoms with E-state index in [1.54, 1.807) is 23.9 Å². The number of imidazole rings is 1. The van der Waals surface area contributed by atoms with Crippen molar-refractivity contribution in [3.05, 3.63) is 64.9 Å². The standard InChI is InChI=1S/C19H20ClN3OS/c1-25-11-10-17(19-22-15-4-2-3-5-16(15)23-19)21-18(24)12-13-6-8-14(20)9-7-13/h2-9,17H,10-12H2,1H3,(H,21,24)(H,22,23)/t17-/m0/s1. The van der Waals surface area contributed by atoms with Gasteiger partial charge in [-0.05, 0) is 48.3 Å². The number of H-pyrrole nitrogens is 1. The van der Waals surface area contributed by atoms with E-state index in [-0.39, 0.29) is 11.9 Å². The van der Waals surface area contributed by atoms with E-state index in [1.165, 1.54) is 0 Å². The van der Waals surface area contributed by atoms with E-state index in [1.807, 2.05) is 36.4 Å². The lowest BCUT2D eigenvalue weighted by atomic mass is 10.1. The summed E-state index contributed by atoms with van der Waals surface area (Å²) in [5.74, 6) is 1.73. The average Bonchev–Trinajstić information content (AvgIpc) is 3.04. The lowest BCUT2D eigenvalue weighted by molar-refractivity contribution is -0.121. The summed E-state index contributed by atoms with van der Waals surface area (Å²) < 4.78 is 0. The Hall–Kier alpha value is -1.98. The van der Waals surface area contributed by atoms with Crippen LogP contribution in [0.1, 0.15) is 23.9 Å². The number of carbonyl (C=O) groups excluding carboxylic acids is 1. The largest absolute Gasteiger partial charge is 0.346 e. The topological polar surface area (TPSA) is 57.8 Å². The van der Waals surface area contributed by atoms with E-state index >= 15 is 0 Å². The maximum Gasteiger partial charge on any atom is 0.225 e. The van der Waals surface area contributed by atoms with Crippen molar-refractivity contribution in [3.63, 3.8) is 0 Å². The van der Waals surface area contributed by atoms with Gasteiger partial charge in [0.05, 0.1) is 23.5 Å². The minimum atomic E-state index is -0.125. The molecule has 0 unspecified atom stereocenters. The highest BCUT2D eigenvalue weighted by atomic mass is 35.5. The van der Waals surface area contributed by atoms with E-state index < -0.39 is 0 Å². The Morgan fingerprint density at radius 2 is 2.00 bits per heavy atom. The molecule has 1 aromatic heterocycles. The minimum absolute atomic E-state index is 0.0196. The van der Waals surface area contributed by atoms with E-state index in [2.05, 4.69) is 21.5 Å². The maximum atomic E-state index is 12.5. The fourth-order valence-corrected chi connectivity index (χ4v) is 3.28. The molecule has 2 N–H and O–H groups in total. The number of aromatic nitrogens is 2. The van der Waals surface area contributed by atoms with E-state index in [4.69, 9.17) is 11.6 Å². The molecular formula is C19H20ClN3OS. The molecule has 0 fully saturated rings. The van der Waals surface area contributed by atoms with Gasteiger partial charge in [-0.2, -0.15) is 11.8 Å². The number of nitrogens with one attached hydrogen (secondary N) is 2. The van der Waals surface area contributed by atoms with Gasteiger partial charge >= 0.3 is 0 Å². The third-order valence-electron chi connectivity index (χ3n) is 3.96. The molecule has 1 heterocycles. The molecule has 4 nitrogen and oxygen atoms in total. The predicted octanol–water partition coefficient (Wildman–Crippen LogP) is 4.37. The van der Waals surface area contributed by atoms with Crippen molar-refractivity contribution in [2.24, 2.45) is 0 Å². The predicted molar refractivity (Wildman–Crippen MR) is 105 cm³/mol. The summed E-state index contributed by atoms with van der Waals surface area (Å²) in [7, 11) is 0. The van der Waals surface area contributed by atoms with Gasteiger partial charge in [0.15, 0.2) is 0 Å². The second kappa shape index (κ2) is 8.41. The van der Waals surface area contributed by atoms with Crippen LogP contribution in [0.5, 0.6) is 0 Å².